The number of nitrogens with one attached hydrogen (secondary N) is 1. The molecule has 1 aromatic heterocycles. The molecule has 6 heteroatoms. The molecule has 1 aliphatic carbocycles. The zero-order valence-corrected chi connectivity index (χ0v) is 18.6. The van der Waals surface area contributed by atoms with Gasteiger partial charge in [-0.05, 0) is 49.1 Å². The van der Waals surface area contributed by atoms with Gasteiger partial charge in [0.15, 0.2) is 0 Å². The monoisotopic (exact) mass is 443 g/mol. The second-order valence-corrected chi connectivity index (χ2v) is 8.90. The molecule has 0 bridgehead atoms. The van der Waals surface area contributed by atoms with Crippen molar-refractivity contribution >= 4 is 40.1 Å². The van der Waals surface area contributed by atoms with Gasteiger partial charge in [0.25, 0.3) is 0 Å². The molecule has 158 valence electrons. The van der Waals surface area contributed by atoms with Gasteiger partial charge in [0.2, 0.25) is 5.91 Å². The minimum absolute atomic E-state index is 0.206. The van der Waals surface area contributed by atoms with Crippen molar-refractivity contribution in [3.05, 3.63) is 63.9 Å². The van der Waals surface area contributed by atoms with E-state index >= 15 is 0 Å². The maximum Gasteiger partial charge on any atom is 0.223 e. The number of nitrogens with zero attached hydrogens (tertiary/aromatic N) is 2. The second kappa shape index (κ2) is 9.84. The summed E-state index contributed by atoms with van der Waals surface area (Å²) in [5, 5.41) is 4.25. The van der Waals surface area contributed by atoms with E-state index in [1.165, 1.54) is 19.3 Å². The number of aryl methyl sites for hydroxylation is 1. The first kappa shape index (κ1) is 21.2. The molecule has 0 aliphatic heterocycles. The molecule has 1 aliphatic rings. The van der Waals surface area contributed by atoms with Crippen LogP contribution in [0.2, 0.25) is 10.0 Å². The molecule has 30 heavy (non-hydrogen) atoms. The molecule has 1 amide bonds. The Morgan fingerprint density at radius 2 is 1.87 bits per heavy atom. The van der Waals surface area contributed by atoms with Crippen LogP contribution in [0.5, 0.6) is 0 Å². The topological polar surface area (TPSA) is 46.9 Å². The summed E-state index contributed by atoms with van der Waals surface area (Å²) < 4.78 is 2.23. The number of hydrogen-bond donors (Lipinski definition) is 1. The highest BCUT2D eigenvalue weighted by Gasteiger charge is 2.20. The predicted molar refractivity (Wildman–Crippen MR) is 123 cm³/mol. The summed E-state index contributed by atoms with van der Waals surface area (Å²) >= 11 is 12.3. The van der Waals surface area contributed by atoms with Crippen molar-refractivity contribution in [3.63, 3.8) is 0 Å². The summed E-state index contributed by atoms with van der Waals surface area (Å²) in [5.41, 5.74) is 3.17. The second-order valence-electron chi connectivity index (χ2n) is 8.08. The maximum atomic E-state index is 12.4. The number of benzene rings is 2. The van der Waals surface area contributed by atoms with Crippen LogP contribution in [0.1, 0.15) is 49.9 Å². The van der Waals surface area contributed by atoms with Gasteiger partial charge in [-0.1, -0.05) is 60.7 Å². The van der Waals surface area contributed by atoms with Gasteiger partial charge < -0.3 is 9.88 Å². The van der Waals surface area contributed by atoms with Gasteiger partial charge >= 0.3 is 0 Å². The van der Waals surface area contributed by atoms with Crippen LogP contribution in [-0.4, -0.2) is 22.0 Å². The maximum absolute atomic E-state index is 12.4. The van der Waals surface area contributed by atoms with Crippen molar-refractivity contribution in [1.82, 2.24) is 14.9 Å². The molecule has 1 fully saturated rings. The lowest BCUT2D eigenvalue weighted by atomic mass is 9.89. The van der Waals surface area contributed by atoms with Crippen molar-refractivity contribution in [2.24, 2.45) is 5.92 Å². The lowest BCUT2D eigenvalue weighted by Gasteiger charge is -2.20. The summed E-state index contributed by atoms with van der Waals surface area (Å²) in [6.07, 6.45) is 7.35. The van der Waals surface area contributed by atoms with E-state index in [9.17, 15) is 4.79 Å². The normalized spacial score (nSPS) is 14.9. The fourth-order valence-corrected chi connectivity index (χ4v) is 4.60. The van der Waals surface area contributed by atoms with E-state index in [0.717, 1.165) is 48.1 Å². The first-order valence-corrected chi connectivity index (χ1v) is 11.5. The van der Waals surface area contributed by atoms with Gasteiger partial charge in [-0.15, -0.1) is 0 Å². The van der Waals surface area contributed by atoms with Gasteiger partial charge in [-0.3, -0.25) is 4.79 Å². The van der Waals surface area contributed by atoms with E-state index in [1.807, 2.05) is 36.4 Å². The highest BCUT2D eigenvalue weighted by molar-refractivity contribution is 6.42. The first-order valence-electron chi connectivity index (χ1n) is 10.8. The molecule has 4 rings (SSSR count). The largest absolute Gasteiger partial charge is 0.356 e. The van der Waals surface area contributed by atoms with Crippen LogP contribution >= 0.6 is 23.2 Å². The quantitative estimate of drug-likeness (QED) is 0.453. The molecule has 4 nitrogen and oxygen atoms in total. The number of hydrogen-bond acceptors (Lipinski definition) is 2. The Morgan fingerprint density at radius 1 is 1.07 bits per heavy atom. The molecule has 3 aromatic rings. The van der Waals surface area contributed by atoms with E-state index in [-0.39, 0.29) is 11.8 Å². The Balaban J connectivity index is 1.43. The van der Waals surface area contributed by atoms with Crippen LogP contribution in [0.15, 0.2) is 42.5 Å². The number of carbonyl (C=O) groups is 1. The smallest absolute Gasteiger partial charge is 0.223 e. The zero-order chi connectivity index (χ0) is 20.9. The van der Waals surface area contributed by atoms with Crippen molar-refractivity contribution in [1.29, 1.82) is 0 Å². The fraction of sp³-hybridized carbons (Fsp3) is 0.417. The van der Waals surface area contributed by atoms with Crippen LogP contribution in [0, 0.1) is 5.92 Å². The molecular weight excluding hydrogens is 417 g/mol. The highest BCUT2D eigenvalue weighted by Crippen LogP contribution is 2.25. The number of aromatic nitrogens is 2. The van der Waals surface area contributed by atoms with Crippen LogP contribution in [0.3, 0.4) is 0 Å². The van der Waals surface area contributed by atoms with E-state index in [1.54, 1.807) is 0 Å². The van der Waals surface area contributed by atoms with Crippen molar-refractivity contribution in [2.75, 3.05) is 6.54 Å². The number of carbonyl (C=O) groups excluding carboxylic acids is 1. The van der Waals surface area contributed by atoms with E-state index in [2.05, 4.69) is 16.0 Å². The average molecular weight is 444 g/mol. The summed E-state index contributed by atoms with van der Waals surface area (Å²) in [7, 11) is 0. The molecule has 0 unspecified atom stereocenters. The summed E-state index contributed by atoms with van der Waals surface area (Å²) in [6.45, 7) is 1.37. The standard InChI is InChI=1S/C24H27Cl2N3O/c25-19-13-12-17(15-20(19)26)16-29-22-10-5-4-9-21(22)28-23(29)11-6-14-27-24(30)18-7-2-1-3-8-18/h4-5,9-10,12-13,15,18H,1-3,6-8,11,14,16H2,(H,27,30). The number of fused-ring (bicyclic) bond motifs is 1. The third-order valence-electron chi connectivity index (χ3n) is 5.91. The molecule has 0 spiro atoms. The Bertz CT molecular complexity index is 1020. The van der Waals surface area contributed by atoms with Gasteiger partial charge in [-0.25, -0.2) is 4.98 Å². The van der Waals surface area contributed by atoms with Gasteiger partial charge in [-0.2, -0.15) is 0 Å². The molecule has 1 heterocycles. The third kappa shape index (κ3) is 4.98. The minimum atomic E-state index is 0.206. The lowest BCUT2D eigenvalue weighted by molar-refractivity contribution is -0.125. The van der Waals surface area contributed by atoms with Crippen LogP contribution in [-0.2, 0) is 17.8 Å². The average Bonchev–Trinajstić information content (AvgIpc) is 3.11. The molecule has 0 atom stereocenters. The molecule has 1 saturated carbocycles. The third-order valence-corrected chi connectivity index (χ3v) is 6.65. The number of para-hydroxylation sites is 2. The Labute approximate surface area is 187 Å². The van der Waals surface area contributed by atoms with Crippen LogP contribution < -0.4 is 5.32 Å². The minimum Gasteiger partial charge on any atom is -0.356 e. The summed E-state index contributed by atoms with van der Waals surface area (Å²) in [4.78, 5) is 17.2. The number of imidazole rings is 1. The highest BCUT2D eigenvalue weighted by atomic mass is 35.5. The van der Waals surface area contributed by atoms with Crippen molar-refractivity contribution in [3.8, 4) is 0 Å². The fourth-order valence-electron chi connectivity index (χ4n) is 4.28. The molecule has 0 radical (unpaired) electrons. The number of amides is 1. The summed E-state index contributed by atoms with van der Waals surface area (Å²) in [6, 6.07) is 13.9. The number of rotatable bonds is 7. The molecule has 2 aromatic carbocycles. The van der Waals surface area contributed by atoms with Crippen LogP contribution in [0.4, 0.5) is 0 Å². The van der Waals surface area contributed by atoms with E-state index in [4.69, 9.17) is 28.2 Å². The number of halogens is 2. The molecule has 1 N–H and O–H groups in total. The zero-order valence-electron chi connectivity index (χ0n) is 17.0. The molecule has 0 saturated heterocycles. The Morgan fingerprint density at radius 3 is 2.67 bits per heavy atom. The van der Waals surface area contributed by atoms with Gasteiger partial charge in [0, 0.05) is 25.4 Å². The van der Waals surface area contributed by atoms with Crippen molar-refractivity contribution in [2.45, 2.75) is 51.5 Å². The first-order chi connectivity index (χ1) is 14.6. The Hall–Kier alpha value is -2.04. The lowest BCUT2D eigenvalue weighted by Crippen LogP contribution is -2.32. The van der Waals surface area contributed by atoms with Gasteiger partial charge in [0.05, 0.1) is 21.1 Å². The van der Waals surface area contributed by atoms with Crippen molar-refractivity contribution < 1.29 is 4.79 Å². The van der Waals surface area contributed by atoms with Gasteiger partial charge in [0.1, 0.15) is 5.82 Å². The predicted octanol–water partition coefficient (Wildman–Crippen LogP) is 6.02. The van der Waals surface area contributed by atoms with E-state index < -0.39 is 0 Å². The molecular formula is C24H27Cl2N3O. The Kier molecular flexibility index (Phi) is 6.96. The summed E-state index contributed by atoms with van der Waals surface area (Å²) in [5.74, 6) is 1.45. The SMILES string of the molecule is O=C(NCCCc1nc2ccccc2n1Cc1ccc(Cl)c(Cl)c1)C1CCCCC1. The van der Waals surface area contributed by atoms with E-state index in [0.29, 0.717) is 23.1 Å². The van der Waals surface area contributed by atoms with Crippen LogP contribution in [0.25, 0.3) is 11.0 Å².